The molecule has 0 aliphatic carbocycles. The van der Waals surface area contributed by atoms with Gasteiger partial charge in [-0.3, -0.25) is 4.90 Å². The van der Waals surface area contributed by atoms with E-state index in [9.17, 15) is 0 Å². The van der Waals surface area contributed by atoms with Crippen LogP contribution < -0.4 is 10.2 Å². The quantitative estimate of drug-likeness (QED) is 0.891. The average molecular weight is 275 g/mol. The zero-order valence-electron chi connectivity index (χ0n) is 13.4. The van der Waals surface area contributed by atoms with Crippen LogP contribution in [0.4, 0.5) is 5.69 Å². The molecule has 1 aromatic carbocycles. The molecule has 3 heteroatoms. The summed E-state index contributed by atoms with van der Waals surface area (Å²) in [6.45, 7) is 5.95. The summed E-state index contributed by atoms with van der Waals surface area (Å²) >= 11 is 0. The maximum atomic E-state index is 3.31. The van der Waals surface area contributed by atoms with Crippen LogP contribution in [0.25, 0.3) is 0 Å². The lowest BCUT2D eigenvalue weighted by Crippen LogP contribution is -2.38. The summed E-state index contributed by atoms with van der Waals surface area (Å²) < 4.78 is 0. The molecule has 1 aliphatic rings. The Labute approximate surface area is 124 Å². The van der Waals surface area contributed by atoms with Crippen LogP contribution in [0.3, 0.4) is 0 Å². The largest absolute Gasteiger partial charge is 0.378 e. The standard InChI is InChI=1S/C17H29N3/c1-14(16-5-7-17(8-6-16)19(3)4)20-11-9-15(10-12-20)13-18-2/h5-8,14-15,18H,9-13H2,1-4H3. The molecule has 20 heavy (non-hydrogen) atoms. The average Bonchev–Trinajstić information content (AvgIpc) is 2.48. The minimum absolute atomic E-state index is 0.529. The van der Waals surface area contributed by atoms with Crippen molar-refractivity contribution in [2.75, 3.05) is 45.7 Å². The Morgan fingerprint density at radius 1 is 1.20 bits per heavy atom. The summed E-state index contributed by atoms with van der Waals surface area (Å²) in [7, 11) is 6.23. The van der Waals surface area contributed by atoms with Gasteiger partial charge in [0, 0.05) is 25.8 Å². The van der Waals surface area contributed by atoms with Crippen LogP contribution in [-0.2, 0) is 0 Å². The number of rotatable bonds is 5. The van der Waals surface area contributed by atoms with E-state index < -0.39 is 0 Å². The van der Waals surface area contributed by atoms with Gasteiger partial charge in [-0.2, -0.15) is 0 Å². The van der Waals surface area contributed by atoms with Gasteiger partial charge in [0.25, 0.3) is 0 Å². The van der Waals surface area contributed by atoms with E-state index in [1.807, 2.05) is 0 Å². The van der Waals surface area contributed by atoms with E-state index in [-0.39, 0.29) is 0 Å². The van der Waals surface area contributed by atoms with Crippen LogP contribution in [0.1, 0.15) is 31.4 Å². The topological polar surface area (TPSA) is 18.5 Å². The van der Waals surface area contributed by atoms with Gasteiger partial charge >= 0.3 is 0 Å². The van der Waals surface area contributed by atoms with Gasteiger partial charge in [0.05, 0.1) is 0 Å². The molecule has 112 valence electrons. The normalized spacial score (nSPS) is 19.0. The summed E-state index contributed by atoms with van der Waals surface area (Å²) in [6, 6.07) is 9.53. The van der Waals surface area contributed by atoms with Crippen molar-refractivity contribution in [3.8, 4) is 0 Å². The highest BCUT2D eigenvalue weighted by atomic mass is 15.2. The number of anilines is 1. The Balaban J connectivity index is 1.93. The van der Waals surface area contributed by atoms with Crippen molar-refractivity contribution in [3.05, 3.63) is 29.8 Å². The van der Waals surface area contributed by atoms with Crippen LogP contribution in [0.5, 0.6) is 0 Å². The van der Waals surface area contributed by atoms with Crippen LogP contribution in [-0.4, -0.2) is 45.7 Å². The molecule has 1 fully saturated rings. The lowest BCUT2D eigenvalue weighted by molar-refractivity contribution is 0.141. The Morgan fingerprint density at radius 3 is 2.30 bits per heavy atom. The first-order valence-electron chi connectivity index (χ1n) is 7.77. The van der Waals surface area contributed by atoms with Crippen molar-refractivity contribution < 1.29 is 0 Å². The summed E-state index contributed by atoms with van der Waals surface area (Å²) in [5, 5.41) is 3.31. The van der Waals surface area contributed by atoms with Crippen LogP contribution in [0, 0.1) is 5.92 Å². The number of nitrogens with one attached hydrogen (secondary N) is 1. The first-order chi connectivity index (χ1) is 9.61. The maximum absolute atomic E-state index is 3.31. The van der Waals surface area contributed by atoms with Gasteiger partial charge in [0.1, 0.15) is 0 Å². The van der Waals surface area contributed by atoms with Crippen molar-refractivity contribution >= 4 is 5.69 Å². The SMILES string of the molecule is CNCC1CCN(C(C)c2ccc(N(C)C)cc2)CC1. The molecule has 1 N–H and O–H groups in total. The predicted octanol–water partition coefficient (Wildman–Crippen LogP) is 2.75. The van der Waals surface area contributed by atoms with Crippen LogP contribution in [0.2, 0.25) is 0 Å². The second-order valence-electron chi connectivity index (χ2n) is 6.20. The minimum atomic E-state index is 0.529. The molecule has 1 aromatic rings. The third kappa shape index (κ3) is 3.74. The minimum Gasteiger partial charge on any atom is -0.378 e. The first-order valence-corrected chi connectivity index (χ1v) is 7.77. The fourth-order valence-corrected chi connectivity index (χ4v) is 3.09. The monoisotopic (exact) mass is 275 g/mol. The van der Waals surface area contributed by atoms with Gasteiger partial charge in [-0.1, -0.05) is 12.1 Å². The van der Waals surface area contributed by atoms with Crippen LogP contribution >= 0.6 is 0 Å². The van der Waals surface area contributed by atoms with E-state index in [4.69, 9.17) is 0 Å². The number of likely N-dealkylation sites (tertiary alicyclic amines) is 1. The van der Waals surface area contributed by atoms with E-state index in [1.165, 1.54) is 43.7 Å². The zero-order chi connectivity index (χ0) is 14.5. The van der Waals surface area contributed by atoms with Gasteiger partial charge < -0.3 is 10.2 Å². The Bertz CT molecular complexity index is 391. The fraction of sp³-hybridized carbons (Fsp3) is 0.647. The molecule has 3 nitrogen and oxygen atoms in total. The summed E-state index contributed by atoms with van der Waals surface area (Å²) in [5.41, 5.74) is 2.70. The number of hydrogen-bond donors (Lipinski definition) is 1. The highest BCUT2D eigenvalue weighted by molar-refractivity contribution is 5.46. The molecule has 1 saturated heterocycles. The number of piperidine rings is 1. The summed E-state index contributed by atoms with van der Waals surface area (Å²) in [5.74, 6) is 0.861. The summed E-state index contributed by atoms with van der Waals surface area (Å²) in [4.78, 5) is 4.77. The smallest absolute Gasteiger partial charge is 0.0361 e. The molecule has 0 radical (unpaired) electrons. The zero-order valence-corrected chi connectivity index (χ0v) is 13.4. The third-order valence-corrected chi connectivity index (χ3v) is 4.58. The molecule has 1 aliphatic heterocycles. The van der Waals surface area contributed by atoms with Crippen molar-refractivity contribution in [2.24, 2.45) is 5.92 Å². The second kappa shape index (κ2) is 7.09. The van der Waals surface area contributed by atoms with E-state index >= 15 is 0 Å². The molecular formula is C17H29N3. The van der Waals surface area contributed by atoms with Gasteiger partial charge in [0.2, 0.25) is 0 Å². The molecule has 1 heterocycles. The lowest BCUT2D eigenvalue weighted by Gasteiger charge is -2.36. The lowest BCUT2D eigenvalue weighted by atomic mass is 9.94. The van der Waals surface area contributed by atoms with Crippen molar-refractivity contribution in [3.63, 3.8) is 0 Å². The highest BCUT2D eigenvalue weighted by Crippen LogP contribution is 2.27. The van der Waals surface area contributed by atoms with Crippen molar-refractivity contribution in [1.82, 2.24) is 10.2 Å². The van der Waals surface area contributed by atoms with E-state index in [1.54, 1.807) is 0 Å². The van der Waals surface area contributed by atoms with Crippen molar-refractivity contribution in [2.45, 2.75) is 25.8 Å². The predicted molar refractivity (Wildman–Crippen MR) is 87.4 cm³/mol. The first kappa shape index (κ1) is 15.3. The summed E-state index contributed by atoms with van der Waals surface area (Å²) in [6.07, 6.45) is 2.64. The van der Waals surface area contributed by atoms with E-state index in [0.29, 0.717) is 6.04 Å². The molecule has 2 rings (SSSR count). The molecule has 0 saturated carbocycles. The molecule has 1 unspecified atom stereocenters. The van der Waals surface area contributed by atoms with Gasteiger partial charge in [-0.05, 0) is 70.1 Å². The van der Waals surface area contributed by atoms with E-state index in [2.05, 4.69) is 67.4 Å². The fourth-order valence-electron chi connectivity index (χ4n) is 3.09. The number of hydrogen-bond acceptors (Lipinski definition) is 3. The molecule has 0 bridgehead atoms. The molecule has 0 aromatic heterocycles. The highest BCUT2D eigenvalue weighted by Gasteiger charge is 2.23. The van der Waals surface area contributed by atoms with Crippen molar-refractivity contribution in [1.29, 1.82) is 0 Å². The Kier molecular flexibility index (Phi) is 5.44. The van der Waals surface area contributed by atoms with Crippen LogP contribution in [0.15, 0.2) is 24.3 Å². The second-order valence-corrected chi connectivity index (χ2v) is 6.20. The molecule has 0 spiro atoms. The van der Waals surface area contributed by atoms with Gasteiger partial charge in [-0.15, -0.1) is 0 Å². The number of nitrogens with zero attached hydrogens (tertiary/aromatic N) is 2. The number of benzene rings is 1. The van der Waals surface area contributed by atoms with Gasteiger partial charge in [-0.25, -0.2) is 0 Å². The Hall–Kier alpha value is -1.06. The third-order valence-electron chi connectivity index (χ3n) is 4.58. The van der Waals surface area contributed by atoms with Gasteiger partial charge in [0.15, 0.2) is 0 Å². The molecule has 1 atom stereocenters. The maximum Gasteiger partial charge on any atom is 0.0361 e. The molecule has 0 amide bonds. The molecular weight excluding hydrogens is 246 g/mol. The van der Waals surface area contributed by atoms with E-state index in [0.717, 1.165) is 5.92 Å². The Morgan fingerprint density at radius 2 is 1.80 bits per heavy atom.